The van der Waals surface area contributed by atoms with E-state index >= 15 is 0 Å². The maximum Gasteiger partial charge on any atom is 0.171 e. The number of hydrogen-bond acceptors (Lipinski definition) is 4. The predicted molar refractivity (Wildman–Crippen MR) is 69.9 cm³/mol. The average Bonchev–Trinajstić information content (AvgIpc) is 2.32. The predicted octanol–water partition coefficient (Wildman–Crippen LogP) is 2.25. The van der Waals surface area contributed by atoms with Gasteiger partial charge in [0.25, 0.3) is 0 Å². The highest BCUT2D eigenvalue weighted by molar-refractivity contribution is 9.10. The molecule has 4 nitrogen and oxygen atoms in total. The SMILES string of the molecule is COC(OC)C(C)NCc1cc(Br)ccc1O. The van der Waals surface area contributed by atoms with Crippen LogP contribution < -0.4 is 5.32 Å². The van der Waals surface area contributed by atoms with Crippen LogP contribution in [-0.2, 0) is 16.0 Å². The number of ether oxygens (including phenoxy) is 2. The van der Waals surface area contributed by atoms with Crippen LogP contribution in [0.5, 0.6) is 5.75 Å². The first-order valence-electron chi connectivity index (χ1n) is 5.34. The molecule has 1 atom stereocenters. The molecule has 0 spiro atoms. The van der Waals surface area contributed by atoms with Crippen molar-refractivity contribution in [1.29, 1.82) is 0 Å². The maximum atomic E-state index is 9.68. The molecule has 0 amide bonds. The van der Waals surface area contributed by atoms with Crippen molar-refractivity contribution in [3.63, 3.8) is 0 Å². The van der Waals surface area contributed by atoms with E-state index in [1.165, 1.54) is 0 Å². The standard InChI is InChI=1S/C12H18BrNO3/c1-8(12(16-2)17-3)14-7-9-6-10(13)4-5-11(9)15/h4-6,8,12,14-15H,7H2,1-3H3. The van der Waals surface area contributed by atoms with Gasteiger partial charge in [0.15, 0.2) is 6.29 Å². The molecule has 0 saturated heterocycles. The van der Waals surface area contributed by atoms with E-state index in [0.29, 0.717) is 6.54 Å². The number of halogens is 1. The Morgan fingerprint density at radius 3 is 2.59 bits per heavy atom. The minimum atomic E-state index is -0.302. The first-order chi connectivity index (χ1) is 8.08. The van der Waals surface area contributed by atoms with Crippen LogP contribution in [0, 0.1) is 0 Å². The van der Waals surface area contributed by atoms with Gasteiger partial charge in [-0.3, -0.25) is 0 Å². The third kappa shape index (κ3) is 4.27. The molecule has 5 heteroatoms. The Labute approximate surface area is 110 Å². The van der Waals surface area contributed by atoms with Crippen molar-refractivity contribution in [2.75, 3.05) is 14.2 Å². The summed E-state index contributed by atoms with van der Waals surface area (Å²) < 4.78 is 11.2. The first kappa shape index (κ1) is 14.4. The molecule has 0 bridgehead atoms. The first-order valence-corrected chi connectivity index (χ1v) is 6.14. The van der Waals surface area contributed by atoms with Gasteiger partial charge in [0, 0.05) is 30.8 Å². The second-order valence-corrected chi connectivity index (χ2v) is 4.70. The molecule has 96 valence electrons. The van der Waals surface area contributed by atoms with Gasteiger partial charge >= 0.3 is 0 Å². The highest BCUT2D eigenvalue weighted by atomic mass is 79.9. The molecule has 0 heterocycles. The molecule has 1 aromatic carbocycles. The molecule has 0 aliphatic carbocycles. The third-order valence-electron chi connectivity index (χ3n) is 2.53. The third-order valence-corrected chi connectivity index (χ3v) is 3.02. The molecule has 1 unspecified atom stereocenters. The fourth-order valence-electron chi connectivity index (χ4n) is 1.57. The number of phenolic OH excluding ortho intramolecular Hbond substituents is 1. The van der Waals surface area contributed by atoms with Gasteiger partial charge in [0.2, 0.25) is 0 Å². The van der Waals surface area contributed by atoms with Gasteiger partial charge in [0.05, 0.1) is 6.04 Å². The summed E-state index contributed by atoms with van der Waals surface area (Å²) in [7, 11) is 3.20. The number of phenols is 1. The zero-order valence-corrected chi connectivity index (χ0v) is 11.8. The van der Waals surface area contributed by atoms with E-state index in [-0.39, 0.29) is 18.1 Å². The van der Waals surface area contributed by atoms with Gasteiger partial charge in [-0.25, -0.2) is 0 Å². The van der Waals surface area contributed by atoms with E-state index < -0.39 is 0 Å². The average molecular weight is 304 g/mol. The van der Waals surface area contributed by atoms with Gasteiger partial charge < -0.3 is 19.9 Å². The zero-order valence-electron chi connectivity index (χ0n) is 10.2. The number of nitrogens with one attached hydrogen (secondary N) is 1. The van der Waals surface area contributed by atoms with E-state index in [9.17, 15) is 5.11 Å². The van der Waals surface area contributed by atoms with Crippen LogP contribution in [0.4, 0.5) is 0 Å². The lowest BCUT2D eigenvalue weighted by Crippen LogP contribution is -2.39. The van der Waals surface area contributed by atoms with Crippen molar-refractivity contribution < 1.29 is 14.6 Å². The fourth-order valence-corrected chi connectivity index (χ4v) is 1.98. The molecule has 17 heavy (non-hydrogen) atoms. The summed E-state index contributed by atoms with van der Waals surface area (Å²) in [5, 5.41) is 12.9. The maximum absolute atomic E-state index is 9.68. The van der Waals surface area contributed by atoms with Crippen LogP contribution in [0.3, 0.4) is 0 Å². The van der Waals surface area contributed by atoms with Crippen LogP contribution in [0.25, 0.3) is 0 Å². The topological polar surface area (TPSA) is 50.7 Å². The van der Waals surface area contributed by atoms with Crippen LogP contribution in [0.1, 0.15) is 12.5 Å². The largest absolute Gasteiger partial charge is 0.508 e. The summed E-state index contributed by atoms with van der Waals surface area (Å²) in [5.74, 6) is 0.277. The van der Waals surface area contributed by atoms with Crippen molar-refractivity contribution in [3.8, 4) is 5.75 Å². The summed E-state index contributed by atoms with van der Waals surface area (Å²) in [6, 6.07) is 5.37. The normalized spacial score (nSPS) is 13.0. The Balaban J connectivity index is 2.57. The molecular formula is C12H18BrNO3. The van der Waals surface area contributed by atoms with E-state index in [2.05, 4.69) is 21.2 Å². The summed E-state index contributed by atoms with van der Waals surface area (Å²) in [6.45, 7) is 2.52. The summed E-state index contributed by atoms with van der Waals surface area (Å²) >= 11 is 3.37. The molecule has 0 aliphatic rings. The Morgan fingerprint density at radius 2 is 2.00 bits per heavy atom. The fraction of sp³-hybridized carbons (Fsp3) is 0.500. The lowest BCUT2D eigenvalue weighted by Gasteiger charge is -2.22. The van der Waals surface area contributed by atoms with Gasteiger partial charge in [0.1, 0.15) is 5.75 Å². The molecule has 2 N–H and O–H groups in total. The van der Waals surface area contributed by atoms with Crippen molar-refractivity contribution in [2.24, 2.45) is 0 Å². The Bertz CT molecular complexity index is 356. The summed E-state index contributed by atoms with van der Waals surface area (Å²) in [6.07, 6.45) is -0.302. The molecule has 1 aromatic rings. The molecule has 0 aromatic heterocycles. The quantitative estimate of drug-likeness (QED) is 0.792. The molecular weight excluding hydrogens is 286 g/mol. The van der Waals surface area contributed by atoms with Crippen LogP contribution in [0.15, 0.2) is 22.7 Å². The lowest BCUT2D eigenvalue weighted by atomic mass is 10.2. The highest BCUT2D eigenvalue weighted by Crippen LogP contribution is 2.21. The molecule has 0 saturated carbocycles. The van der Waals surface area contributed by atoms with E-state index in [4.69, 9.17) is 9.47 Å². The van der Waals surface area contributed by atoms with E-state index in [0.717, 1.165) is 10.0 Å². The van der Waals surface area contributed by atoms with Gasteiger partial charge in [-0.05, 0) is 25.1 Å². The van der Waals surface area contributed by atoms with Crippen LogP contribution in [-0.4, -0.2) is 31.7 Å². The van der Waals surface area contributed by atoms with Crippen LogP contribution in [0.2, 0.25) is 0 Å². The molecule has 1 rings (SSSR count). The highest BCUT2D eigenvalue weighted by Gasteiger charge is 2.15. The minimum absolute atomic E-state index is 0.0309. The van der Waals surface area contributed by atoms with Gasteiger partial charge in [-0.2, -0.15) is 0 Å². The van der Waals surface area contributed by atoms with Crippen molar-refractivity contribution in [3.05, 3.63) is 28.2 Å². The summed E-state index contributed by atoms with van der Waals surface area (Å²) in [4.78, 5) is 0. The summed E-state index contributed by atoms with van der Waals surface area (Å²) in [5.41, 5.74) is 0.831. The smallest absolute Gasteiger partial charge is 0.171 e. The van der Waals surface area contributed by atoms with Crippen molar-refractivity contribution in [2.45, 2.75) is 25.8 Å². The second-order valence-electron chi connectivity index (χ2n) is 3.78. The number of methoxy groups -OCH3 is 2. The minimum Gasteiger partial charge on any atom is -0.508 e. The second kappa shape index (κ2) is 6.96. The monoisotopic (exact) mass is 303 g/mol. The van der Waals surface area contributed by atoms with E-state index in [1.54, 1.807) is 26.4 Å². The van der Waals surface area contributed by atoms with Crippen molar-refractivity contribution >= 4 is 15.9 Å². The number of rotatable bonds is 6. The lowest BCUT2D eigenvalue weighted by molar-refractivity contribution is -0.119. The van der Waals surface area contributed by atoms with Gasteiger partial charge in [-0.15, -0.1) is 0 Å². The number of aromatic hydroxyl groups is 1. The molecule has 0 aliphatic heterocycles. The van der Waals surface area contributed by atoms with Crippen molar-refractivity contribution in [1.82, 2.24) is 5.32 Å². The Kier molecular flexibility index (Phi) is 5.91. The Morgan fingerprint density at radius 1 is 1.35 bits per heavy atom. The van der Waals surface area contributed by atoms with Gasteiger partial charge in [-0.1, -0.05) is 15.9 Å². The molecule has 0 radical (unpaired) electrons. The Hall–Kier alpha value is -0.620. The van der Waals surface area contributed by atoms with Crippen LogP contribution >= 0.6 is 15.9 Å². The zero-order chi connectivity index (χ0) is 12.8. The van der Waals surface area contributed by atoms with E-state index in [1.807, 2.05) is 13.0 Å². The number of benzene rings is 1. The number of hydrogen-bond donors (Lipinski definition) is 2. The molecule has 0 fully saturated rings.